The van der Waals surface area contributed by atoms with Gasteiger partial charge in [0, 0.05) is 37.4 Å². The molecule has 5 heteroatoms. The minimum Gasteiger partial charge on any atom is -0.369 e. The van der Waals surface area contributed by atoms with Crippen molar-refractivity contribution in [1.82, 2.24) is 10.2 Å². The van der Waals surface area contributed by atoms with Gasteiger partial charge in [-0.15, -0.1) is 0 Å². The topological polar surface area (TPSA) is 52.7 Å². The fourth-order valence-electron chi connectivity index (χ4n) is 4.64. The van der Waals surface area contributed by atoms with Gasteiger partial charge >= 0.3 is 0 Å². The number of Topliss-reactive ketones (excluding diaryl/α,β-unsaturated/α-hetero) is 1. The van der Waals surface area contributed by atoms with E-state index in [9.17, 15) is 9.59 Å². The summed E-state index contributed by atoms with van der Waals surface area (Å²) in [5.74, 6) is 0.211. The van der Waals surface area contributed by atoms with Gasteiger partial charge in [-0.05, 0) is 68.5 Å². The molecule has 1 amide bonds. The molecule has 2 aromatic carbocycles. The van der Waals surface area contributed by atoms with E-state index in [1.807, 2.05) is 31.2 Å². The quantitative estimate of drug-likeness (QED) is 0.773. The second kappa shape index (κ2) is 9.00. The number of carbonyl (C=O) groups is 2. The van der Waals surface area contributed by atoms with E-state index in [2.05, 4.69) is 39.4 Å². The van der Waals surface area contributed by atoms with Gasteiger partial charge in [-0.1, -0.05) is 24.3 Å². The van der Waals surface area contributed by atoms with E-state index in [1.165, 1.54) is 11.1 Å². The van der Waals surface area contributed by atoms with Crippen molar-refractivity contribution in [2.24, 2.45) is 0 Å². The van der Waals surface area contributed by atoms with Crippen LogP contribution >= 0.6 is 0 Å². The van der Waals surface area contributed by atoms with E-state index in [0.717, 1.165) is 56.7 Å². The van der Waals surface area contributed by atoms with Crippen molar-refractivity contribution in [3.8, 4) is 0 Å². The normalized spacial score (nSPS) is 20.3. The number of hydrogen-bond acceptors (Lipinski definition) is 4. The molecule has 2 aromatic rings. The Morgan fingerprint density at radius 2 is 1.70 bits per heavy atom. The Balaban J connectivity index is 1.32. The molecule has 1 heterocycles. The first-order valence-electron chi connectivity index (χ1n) is 11.0. The number of anilines is 1. The summed E-state index contributed by atoms with van der Waals surface area (Å²) in [6, 6.07) is 16.3. The van der Waals surface area contributed by atoms with Crippen molar-refractivity contribution in [2.75, 3.05) is 31.1 Å². The van der Waals surface area contributed by atoms with Gasteiger partial charge in [0.05, 0.1) is 12.1 Å². The van der Waals surface area contributed by atoms with E-state index in [1.54, 1.807) is 6.92 Å². The van der Waals surface area contributed by atoms with Crippen LogP contribution in [0, 0.1) is 0 Å². The van der Waals surface area contributed by atoms with Crippen LogP contribution < -0.4 is 10.2 Å². The SMILES string of the molecule is CC(=O)c1ccc(N2CCN([C@@H](C)C(=O)N[C@@H]3CCCc4ccccc43)CC2)cc1. The van der Waals surface area contributed by atoms with Gasteiger partial charge in [-0.3, -0.25) is 14.5 Å². The third-order valence-electron chi connectivity index (χ3n) is 6.57. The summed E-state index contributed by atoms with van der Waals surface area (Å²) >= 11 is 0. The van der Waals surface area contributed by atoms with Crippen LogP contribution in [-0.2, 0) is 11.2 Å². The number of aryl methyl sites for hydroxylation is 1. The summed E-state index contributed by atoms with van der Waals surface area (Å²) in [6.45, 7) is 7.06. The van der Waals surface area contributed by atoms with Crippen LogP contribution in [0.5, 0.6) is 0 Å². The number of nitrogens with one attached hydrogen (secondary N) is 1. The van der Waals surface area contributed by atoms with Crippen molar-refractivity contribution in [3.63, 3.8) is 0 Å². The first-order valence-corrected chi connectivity index (χ1v) is 11.0. The second-order valence-corrected chi connectivity index (χ2v) is 8.45. The number of hydrogen-bond donors (Lipinski definition) is 1. The molecule has 1 aliphatic carbocycles. The lowest BCUT2D eigenvalue weighted by molar-refractivity contribution is -0.126. The van der Waals surface area contributed by atoms with Crippen LogP contribution in [0.3, 0.4) is 0 Å². The summed E-state index contributed by atoms with van der Waals surface area (Å²) in [7, 11) is 0. The summed E-state index contributed by atoms with van der Waals surface area (Å²) in [4.78, 5) is 29.0. The predicted molar refractivity (Wildman–Crippen MR) is 120 cm³/mol. The smallest absolute Gasteiger partial charge is 0.237 e. The average molecular weight is 406 g/mol. The van der Waals surface area contributed by atoms with Gasteiger partial charge in [0.25, 0.3) is 0 Å². The number of amides is 1. The van der Waals surface area contributed by atoms with Crippen molar-refractivity contribution in [2.45, 2.75) is 45.2 Å². The van der Waals surface area contributed by atoms with Crippen LogP contribution in [0.2, 0.25) is 0 Å². The molecule has 5 nitrogen and oxygen atoms in total. The molecule has 0 spiro atoms. The van der Waals surface area contributed by atoms with Gasteiger partial charge < -0.3 is 10.2 Å². The van der Waals surface area contributed by atoms with E-state index >= 15 is 0 Å². The molecule has 0 bridgehead atoms. The summed E-state index contributed by atoms with van der Waals surface area (Å²) in [5.41, 5.74) is 4.52. The number of carbonyl (C=O) groups excluding carboxylic acids is 2. The van der Waals surface area contributed by atoms with Crippen LogP contribution in [0.25, 0.3) is 0 Å². The van der Waals surface area contributed by atoms with Crippen molar-refractivity contribution >= 4 is 17.4 Å². The third-order valence-corrected chi connectivity index (χ3v) is 6.57. The highest BCUT2D eigenvalue weighted by molar-refractivity contribution is 5.94. The Labute approximate surface area is 179 Å². The number of ketones is 1. The lowest BCUT2D eigenvalue weighted by atomic mass is 9.87. The highest BCUT2D eigenvalue weighted by Gasteiger charge is 2.28. The molecule has 1 N–H and O–H groups in total. The molecule has 0 saturated carbocycles. The van der Waals surface area contributed by atoms with Crippen LogP contribution in [0.1, 0.15) is 54.2 Å². The molecule has 1 saturated heterocycles. The predicted octanol–water partition coefficient (Wildman–Crippen LogP) is 3.59. The second-order valence-electron chi connectivity index (χ2n) is 8.45. The molecule has 0 aromatic heterocycles. The Morgan fingerprint density at radius 1 is 1.00 bits per heavy atom. The van der Waals surface area contributed by atoms with Gasteiger partial charge in [0.15, 0.2) is 5.78 Å². The van der Waals surface area contributed by atoms with Gasteiger partial charge in [-0.25, -0.2) is 0 Å². The molecule has 30 heavy (non-hydrogen) atoms. The summed E-state index contributed by atoms with van der Waals surface area (Å²) in [6.07, 6.45) is 3.24. The molecular weight excluding hydrogens is 374 g/mol. The molecule has 0 radical (unpaired) electrons. The first-order chi connectivity index (χ1) is 14.5. The maximum atomic E-state index is 13.0. The average Bonchev–Trinajstić information content (AvgIpc) is 2.79. The number of benzene rings is 2. The van der Waals surface area contributed by atoms with E-state index < -0.39 is 0 Å². The number of rotatable bonds is 5. The Hall–Kier alpha value is -2.66. The minimum atomic E-state index is -0.138. The lowest BCUT2D eigenvalue weighted by Gasteiger charge is -2.39. The van der Waals surface area contributed by atoms with Gasteiger partial charge in [-0.2, -0.15) is 0 Å². The van der Waals surface area contributed by atoms with E-state index in [4.69, 9.17) is 0 Å². The monoisotopic (exact) mass is 405 g/mol. The van der Waals surface area contributed by atoms with Gasteiger partial charge in [0.1, 0.15) is 0 Å². The zero-order valence-corrected chi connectivity index (χ0v) is 17.9. The molecule has 1 fully saturated rings. The standard InChI is InChI=1S/C25H31N3O2/c1-18(25(30)26-24-9-5-7-21-6-3-4-8-23(21)24)27-14-16-28(17-15-27)22-12-10-20(11-13-22)19(2)29/h3-4,6,8,10-13,18,24H,5,7,9,14-17H2,1-2H3,(H,26,30)/t18-,24+/m0/s1. The molecular formula is C25H31N3O2. The molecule has 158 valence electrons. The lowest BCUT2D eigenvalue weighted by Crippen LogP contribution is -2.54. The number of nitrogens with zero attached hydrogens (tertiary/aromatic N) is 2. The Morgan fingerprint density at radius 3 is 2.40 bits per heavy atom. The fourth-order valence-corrected chi connectivity index (χ4v) is 4.64. The Bertz CT molecular complexity index is 901. The highest BCUT2D eigenvalue weighted by Crippen LogP contribution is 2.29. The number of fused-ring (bicyclic) bond motifs is 1. The zero-order valence-electron chi connectivity index (χ0n) is 17.9. The maximum Gasteiger partial charge on any atom is 0.237 e. The van der Waals surface area contributed by atoms with Crippen LogP contribution in [0.4, 0.5) is 5.69 Å². The molecule has 4 rings (SSSR count). The third kappa shape index (κ3) is 4.41. The molecule has 2 atom stereocenters. The maximum absolute atomic E-state index is 13.0. The molecule has 0 unspecified atom stereocenters. The zero-order chi connectivity index (χ0) is 21.1. The van der Waals surface area contributed by atoms with Crippen molar-refractivity contribution < 1.29 is 9.59 Å². The van der Waals surface area contributed by atoms with E-state index in [-0.39, 0.29) is 23.8 Å². The number of piperazine rings is 1. The largest absolute Gasteiger partial charge is 0.369 e. The van der Waals surface area contributed by atoms with Gasteiger partial charge in [0.2, 0.25) is 5.91 Å². The molecule has 1 aliphatic heterocycles. The van der Waals surface area contributed by atoms with Crippen molar-refractivity contribution in [3.05, 3.63) is 65.2 Å². The van der Waals surface area contributed by atoms with E-state index in [0.29, 0.717) is 0 Å². The van der Waals surface area contributed by atoms with Crippen LogP contribution in [-0.4, -0.2) is 48.8 Å². The molecule has 2 aliphatic rings. The van der Waals surface area contributed by atoms with Crippen LogP contribution in [0.15, 0.2) is 48.5 Å². The first kappa shape index (κ1) is 20.6. The highest BCUT2D eigenvalue weighted by atomic mass is 16.2. The summed E-state index contributed by atoms with van der Waals surface area (Å²) < 4.78 is 0. The Kier molecular flexibility index (Phi) is 6.18. The van der Waals surface area contributed by atoms with Crippen molar-refractivity contribution in [1.29, 1.82) is 0 Å². The minimum absolute atomic E-state index is 0.0896. The fraction of sp³-hybridized carbons (Fsp3) is 0.440. The summed E-state index contributed by atoms with van der Waals surface area (Å²) in [5, 5.41) is 3.31.